The van der Waals surface area contributed by atoms with Crippen LogP contribution in [0, 0.1) is 6.92 Å². The summed E-state index contributed by atoms with van der Waals surface area (Å²) < 4.78 is 4.78. The lowest BCUT2D eigenvalue weighted by molar-refractivity contribution is 0.118. The van der Waals surface area contributed by atoms with E-state index in [1.54, 1.807) is 4.90 Å². The van der Waals surface area contributed by atoms with E-state index in [1.807, 2.05) is 49.4 Å². The zero-order valence-corrected chi connectivity index (χ0v) is 14.3. The van der Waals surface area contributed by atoms with Gasteiger partial charge in [0.15, 0.2) is 0 Å². The molecule has 1 aliphatic heterocycles. The Morgan fingerprint density at radius 1 is 1.00 bits per heavy atom. The number of carbonyl (C=O) groups is 2. The van der Waals surface area contributed by atoms with Crippen molar-refractivity contribution in [3.63, 3.8) is 0 Å². The molecule has 6 heteroatoms. The van der Waals surface area contributed by atoms with Crippen molar-refractivity contribution in [2.75, 3.05) is 24.3 Å². The molecular weight excluding hydrogens is 318 g/mol. The molecule has 2 N–H and O–H groups in total. The number of benzene rings is 2. The standard InChI is InChI=1S/C19H21N3O3/c1-13-3-6-16(7-4-13)20-18(23)21-17-8-5-14-9-10-22(19(24)25-2)12-15(14)11-17/h3-8,11H,9-10,12H2,1-2H3,(H2,20,21,23). The molecule has 6 nitrogen and oxygen atoms in total. The van der Waals surface area contributed by atoms with Crippen LogP contribution in [0.1, 0.15) is 16.7 Å². The predicted molar refractivity (Wildman–Crippen MR) is 96.8 cm³/mol. The molecule has 0 spiro atoms. The Bertz CT molecular complexity index is 787. The number of fused-ring (bicyclic) bond motifs is 1. The fourth-order valence-corrected chi connectivity index (χ4v) is 2.85. The second-order valence-electron chi connectivity index (χ2n) is 6.07. The third kappa shape index (κ3) is 4.09. The molecule has 1 aliphatic rings. The van der Waals surface area contributed by atoms with E-state index in [2.05, 4.69) is 10.6 Å². The SMILES string of the molecule is COC(=O)N1CCc2ccc(NC(=O)Nc3ccc(C)cc3)cc2C1. The molecular formula is C19H21N3O3. The van der Waals surface area contributed by atoms with Crippen LogP contribution in [0.3, 0.4) is 0 Å². The average Bonchev–Trinajstić information content (AvgIpc) is 2.62. The largest absolute Gasteiger partial charge is 0.453 e. The van der Waals surface area contributed by atoms with E-state index >= 15 is 0 Å². The second-order valence-corrected chi connectivity index (χ2v) is 6.07. The van der Waals surface area contributed by atoms with Gasteiger partial charge in [-0.1, -0.05) is 23.8 Å². The lowest BCUT2D eigenvalue weighted by Crippen LogP contribution is -2.35. The number of aryl methyl sites for hydroxylation is 1. The van der Waals surface area contributed by atoms with Crippen LogP contribution >= 0.6 is 0 Å². The summed E-state index contributed by atoms with van der Waals surface area (Å²) in [5.74, 6) is 0. The molecule has 1 heterocycles. The van der Waals surface area contributed by atoms with E-state index in [9.17, 15) is 9.59 Å². The third-order valence-electron chi connectivity index (χ3n) is 4.22. The van der Waals surface area contributed by atoms with Crippen LogP contribution in [0.15, 0.2) is 42.5 Å². The zero-order valence-electron chi connectivity index (χ0n) is 14.3. The summed E-state index contributed by atoms with van der Waals surface area (Å²) in [7, 11) is 1.38. The van der Waals surface area contributed by atoms with Crippen LogP contribution in [0.25, 0.3) is 0 Å². The summed E-state index contributed by atoms with van der Waals surface area (Å²) in [6.45, 7) is 3.12. The maximum Gasteiger partial charge on any atom is 0.409 e. The van der Waals surface area contributed by atoms with Gasteiger partial charge in [-0.05, 0) is 48.7 Å². The molecule has 0 saturated carbocycles. The van der Waals surface area contributed by atoms with E-state index in [0.717, 1.165) is 23.2 Å². The maximum atomic E-state index is 12.1. The van der Waals surface area contributed by atoms with Gasteiger partial charge in [0.05, 0.1) is 7.11 Å². The van der Waals surface area contributed by atoms with Crippen LogP contribution < -0.4 is 10.6 Å². The number of hydrogen-bond acceptors (Lipinski definition) is 3. The summed E-state index contributed by atoms with van der Waals surface area (Å²) in [6.07, 6.45) is 0.446. The first-order valence-electron chi connectivity index (χ1n) is 8.14. The molecule has 0 atom stereocenters. The minimum absolute atomic E-state index is 0.301. The molecule has 0 fully saturated rings. The monoisotopic (exact) mass is 339 g/mol. The number of nitrogens with zero attached hydrogens (tertiary/aromatic N) is 1. The Balaban J connectivity index is 1.66. The minimum atomic E-state index is -0.332. The molecule has 2 aromatic carbocycles. The van der Waals surface area contributed by atoms with Crippen LogP contribution in [0.4, 0.5) is 21.0 Å². The van der Waals surface area contributed by atoms with Crippen molar-refractivity contribution in [3.8, 4) is 0 Å². The Hall–Kier alpha value is -3.02. The number of carbonyl (C=O) groups excluding carboxylic acids is 2. The third-order valence-corrected chi connectivity index (χ3v) is 4.22. The lowest BCUT2D eigenvalue weighted by Gasteiger charge is -2.28. The van der Waals surface area contributed by atoms with Crippen molar-refractivity contribution in [2.45, 2.75) is 19.9 Å². The van der Waals surface area contributed by atoms with E-state index in [4.69, 9.17) is 4.74 Å². The van der Waals surface area contributed by atoms with Gasteiger partial charge < -0.3 is 20.3 Å². The number of amides is 3. The quantitative estimate of drug-likeness (QED) is 0.875. The highest BCUT2D eigenvalue weighted by molar-refractivity contribution is 5.99. The number of anilines is 2. The van der Waals surface area contributed by atoms with Gasteiger partial charge in [0.1, 0.15) is 0 Å². The first kappa shape index (κ1) is 16.8. The minimum Gasteiger partial charge on any atom is -0.453 e. The zero-order chi connectivity index (χ0) is 17.8. The van der Waals surface area contributed by atoms with E-state index in [-0.39, 0.29) is 12.1 Å². The predicted octanol–water partition coefficient (Wildman–Crippen LogP) is 3.76. The summed E-state index contributed by atoms with van der Waals surface area (Å²) >= 11 is 0. The Morgan fingerprint density at radius 2 is 1.68 bits per heavy atom. The first-order valence-corrected chi connectivity index (χ1v) is 8.14. The fourth-order valence-electron chi connectivity index (χ4n) is 2.85. The fraction of sp³-hybridized carbons (Fsp3) is 0.263. The molecule has 0 bridgehead atoms. The van der Waals surface area contributed by atoms with Crippen LogP contribution in [0.2, 0.25) is 0 Å². The van der Waals surface area contributed by atoms with Gasteiger partial charge in [0.2, 0.25) is 0 Å². The maximum absolute atomic E-state index is 12.1. The molecule has 0 radical (unpaired) electrons. The van der Waals surface area contributed by atoms with E-state index in [1.165, 1.54) is 12.7 Å². The van der Waals surface area contributed by atoms with E-state index < -0.39 is 0 Å². The highest BCUT2D eigenvalue weighted by atomic mass is 16.5. The molecule has 0 aliphatic carbocycles. The van der Waals surface area contributed by atoms with Crippen LogP contribution in [-0.4, -0.2) is 30.7 Å². The number of urea groups is 1. The number of nitrogens with one attached hydrogen (secondary N) is 2. The van der Waals surface area contributed by atoms with Crippen molar-refractivity contribution in [2.24, 2.45) is 0 Å². The van der Waals surface area contributed by atoms with Crippen molar-refractivity contribution >= 4 is 23.5 Å². The van der Waals surface area contributed by atoms with Gasteiger partial charge in [0.25, 0.3) is 0 Å². The molecule has 0 aromatic heterocycles. The number of methoxy groups -OCH3 is 1. The molecule has 0 unspecified atom stereocenters. The number of ether oxygens (including phenoxy) is 1. The summed E-state index contributed by atoms with van der Waals surface area (Å²) in [5.41, 5.74) is 4.76. The van der Waals surface area contributed by atoms with Gasteiger partial charge in [-0.25, -0.2) is 9.59 Å². The highest BCUT2D eigenvalue weighted by Gasteiger charge is 2.21. The molecule has 0 saturated heterocycles. The van der Waals surface area contributed by atoms with Crippen molar-refractivity contribution in [1.29, 1.82) is 0 Å². The normalized spacial score (nSPS) is 13.0. The Labute approximate surface area is 146 Å². The van der Waals surface area contributed by atoms with Crippen LogP contribution in [0.5, 0.6) is 0 Å². The summed E-state index contributed by atoms with van der Waals surface area (Å²) in [4.78, 5) is 25.5. The number of hydrogen-bond donors (Lipinski definition) is 2. The molecule has 2 aromatic rings. The van der Waals surface area contributed by atoms with E-state index in [0.29, 0.717) is 18.8 Å². The van der Waals surface area contributed by atoms with Crippen molar-refractivity contribution < 1.29 is 14.3 Å². The highest BCUT2D eigenvalue weighted by Crippen LogP contribution is 2.23. The Kier molecular flexibility index (Phi) is 4.88. The smallest absolute Gasteiger partial charge is 0.409 e. The number of rotatable bonds is 2. The summed E-state index contributed by atoms with van der Waals surface area (Å²) in [6, 6.07) is 13.1. The first-order chi connectivity index (χ1) is 12.0. The van der Waals surface area contributed by atoms with Gasteiger partial charge in [-0.15, -0.1) is 0 Å². The van der Waals surface area contributed by atoms with Gasteiger partial charge in [-0.2, -0.15) is 0 Å². The second kappa shape index (κ2) is 7.25. The molecule has 3 rings (SSSR count). The lowest BCUT2D eigenvalue weighted by atomic mass is 9.99. The van der Waals surface area contributed by atoms with Crippen molar-refractivity contribution in [3.05, 3.63) is 59.2 Å². The van der Waals surface area contributed by atoms with Crippen LogP contribution in [-0.2, 0) is 17.7 Å². The molecule has 25 heavy (non-hydrogen) atoms. The van der Waals surface area contributed by atoms with Crippen molar-refractivity contribution in [1.82, 2.24) is 4.90 Å². The molecule has 3 amide bonds. The Morgan fingerprint density at radius 3 is 2.40 bits per heavy atom. The van der Waals surface area contributed by atoms with Gasteiger partial charge in [-0.3, -0.25) is 0 Å². The van der Waals surface area contributed by atoms with Gasteiger partial charge >= 0.3 is 12.1 Å². The molecule has 130 valence electrons. The topological polar surface area (TPSA) is 70.7 Å². The summed E-state index contributed by atoms with van der Waals surface area (Å²) in [5, 5.41) is 5.63. The average molecular weight is 339 g/mol. The van der Waals surface area contributed by atoms with Gasteiger partial charge in [0, 0.05) is 24.5 Å².